The Morgan fingerprint density at radius 2 is 2.10 bits per heavy atom. The van der Waals surface area contributed by atoms with Crippen LogP contribution in [0.2, 0.25) is 0 Å². The Balaban J connectivity index is 2.44. The first kappa shape index (κ1) is 16.7. The van der Waals surface area contributed by atoms with E-state index in [1.54, 1.807) is 12.1 Å². The zero-order valence-electron chi connectivity index (χ0n) is 12.6. The number of nitrogens with one attached hydrogen (secondary N) is 1. The first-order valence-corrected chi connectivity index (χ1v) is 7.39. The molecule has 0 heterocycles. The molecule has 0 unspecified atom stereocenters. The van der Waals surface area contributed by atoms with E-state index in [2.05, 4.69) is 25.7 Å². The fourth-order valence-electron chi connectivity index (χ4n) is 1.89. The van der Waals surface area contributed by atoms with Crippen molar-refractivity contribution in [2.75, 3.05) is 6.61 Å². The van der Waals surface area contributed by atoms with E-state index >= 15 is 0 Å². The second kappa shape index (κ2) is 9.54. The van der Waals surface area contributed by atoms with E-state index in [-0.39, 0.29) is 5.82 Å². The Morgan fingerprint density at radius 3 is 2.80 bits per heavy atom. The van der Waals surface area contributed by atoms with Crippen molar-refractivity contribution < 1.29 is 9.13 Å². The highest BCUT2D eigenvalue weighted by Gasteiger charge is 2.06. The summed E-state index contributed by atoms with van der Waals surface area (Å²) in [7, 11) is 0. The molecule has 1 aromatic carbocycles. The van der Waals surface area contributed by atoms with Crippen molar-refractivity contribution >= 4 is 0 Å². The summed E-state index contributed by atoms with van der Waals surface area (Å²) in [5, 5.41) is 3.29. The lowest BCUT2D eigenvalue weighted by molar-refractivity contribution is 0.301. The second-order valence-electron chi connectivity index (χ2n) is 5.27. The summed E-state index contributed by atoms with van der Waals surface area (Å²) in [5.74, 6) is 0.562. The monoisotopic (exact) mass is 279 g/mol. The van der Waals surface area contributed by atoms with Crippen LogP contribution in [0.25, 0.3) is 0 Å². The van der Waals surface area contributed by atoms with E-state index in [0.29, 0.717) is 19.2 Å². The van der Waals surface area contributed by atoms with Gasteiger partial charge in [0.05, 0.1) is 6.61 Å². The summed E-state index contributed by atoms with van der Waals surface area (Å²) in [4.78, 5) is 0. The third kappa shape index (κ3) is 6.71. The minimum atomic E-state index is -0.219. The smallest absolute Gasteiger partial charge is 0.123 e. The predicted octanol–water partition coefficient (Wildman–Crippen LogP) is 4.45. The Morgan fingerprint density at radius 1 is 1.30 bits per heavy atom. The van der Waals surface area contributed by atoms with Gasteiger partial charge in [-0.3, -0.25) is 0 Å². The molecule has 3 heteroatoms. The molecule has 0 atom stereocenters. The van der Waals surface area contributed by atoms with Crippen LogP contribution >= 0.6 is 0 Å². The molecule has 112 valence electrons. The molecule has 0 aliphatic heterocycles. The highest BCUT2D eigenvalue weighted by molar-refractivity contribution is 5.33. The Labute approximate surface area is 122 Å². The predicted molar refractivity (Wildman–Crippen MR) is 82.5 cm³/mol. The minimum absolute atomic E-state index is 0.219. The largest absolute Gasteiger partial charge is 0.493 e. The molecule has 1 N–H and O–H groups in total. The molecule has 0 radical (unpaired) electrons. The van der Waals surface area contributed by atoms with Gasteiger partial charge in [0.25, 0.3) is 0 Å². The van der Waals surface area contributed by atoms with Crippen molar-refractivity contribution in [3.05, 3.63) is 42.2 Å². The van der Waals surface area contributed by atoms with Crippen LogP contribution < -0.4 is 10.1 Å². The van der Waals surface area contributed by atoms with Crippen LogP contribution in [0.4, 0.5) is 4.39 Å². The van der Waals surface area contributed by atoms with Crippen LogP contribution in [0.5, 0.6) is 5.75 Å². The van der Waals surface area contributed by atoms with Crippen LogP contribution in [0.1, 0.15) is 45.1 Å². The molecule has 0 amide bonds. The zero-order valence-corrected chi connectivity index (χ0v) is 12.6. The number of rotatable bonds is 10. The van der Waals surface area contributed by atoms with Crippen LogP contribution in [0.15, 0.2) is 30.9 Å². The molecule has 0 saturated heterocycles. The number of hydrogen-bond donors (Lipinski definition) is 1. The van der Waals surface area contributed by atoms with Gasteiger partial charge in [-0.2, -0.15) is 0 Å². The maximum Gasteiger partial charge on any atom is 0.123 e. The van der Waals surface area contributed by atoms with Gasteiger partial charge < -0.3 is 10.1 Å². The molecule has 0 aromatic heterocycles. The van der Waals surface area contributed by atoms with Crippen LogP contribution in [-0.2, 0) is 6.54 Å². The summed E-state index contributed by atoms with van der Waals surface area (Å²) in [6.07, 6.45) is 6.30. The van der Waals surface area contributed by atoms with Crippen molar-refractivity contribution in [1.29, 1.82) is 0 Å². The standard InChI is InChI=1S/C17H26FNO/c1-4-5-6-7-8-11-20-17-10-9-16(18)12-15(17)13-19-14(2)3/h4,9-10,12,14,19H,1,5-8,11,13H2,2-3H3. The van der Waals surface area contributed by atoms with Gasteiger partial charge in [0.15, 0.2) is 0 Å². The molecule has 0 aliphatic carbocycles. The lowest BCUT2D eigenvalue weighted by atomic mass is 10.1. The third-order valence-electron chi connectivity index (χ3n) is 3.03. The fourth-order valence-corrected chi connectivity index (χ4v) is 1.89. The highest BCUT2D eigenvalue weighted by Crippen LogP contribution is 2.20. The van der Waals surface area contributed by atoms with Crippen molar-refractivity contribution in [3.8, 4) is 5.75 Å². The molecule has 0 bridgehead atoms. The van der Waals surface area contributed by atoms with E-state index < -0.39 is 0 Å². The number of halogens is 1. The normalized spacial score (nSPS) is 10.8. The van der Waals surface area contributed by atoms with Gasteiger partial charge in [-0.05, 0) is 43.9 Å². The molecular weight excluding hydrogens is 253 g/mol. The highest BCUT2D eigenvalue weighted by atomic mass is 19.1. The summed E-state index contributed by atoms with van der Waals surface area (Å²) in [5.41, 5.74) is 0.879. The third-order valence-corrected chi connectivity index (χ3v) is 3.03. The Hall–Kier alpha value is -1.35. The molecule has 2 nitrogen and oxygen atoms in total. The molecule has 1 rings (SSSR count). The van der Waals surface area contributed by atoms with E-state index in [1.807, 2.05) is 6.08 Å². The first-order valence-electron chi connectivity index (χ1n) is 7.39. The second-order valence-corrected chi connectivity index (χ2v) is 5.27. The lowest BCUT2D eigenvalue weighted by Crippen LogP contribution is -2.22. The van der Waals surface area contributed by atoms with Crippen molar-refractivity contribution in [2.45, 2.75) is 52.1 Å². The minimum Gasteiger partial charge on any atom is -0.493 e. The molecular formula is C17H26FNO. The average Bonchev–Trinajstić information content (AvgIpc) is 2.42. The topological polar surface area (TPSA) is 21.3 Å². The molecule has 20 heavy (non-hydrogen) atoms. The van der Waals surface area contributed by atoms with Crippen LogP contribution in [-0.4, -0.2) is 12.6 Å². The number of benzene rings is 1. The number of allylic oxidation sites excluding steroid dienone is 1. The molecule has 0 spiro atoms. The van der Waals surface area contributed by atoms with Crippen LogP contribution in [0, 0.1) is 5.82 Å². The number of unbranched alkanes of at least 4 members (excludes halogenated alkanes) is 3. The van der Waals surface area contributed by atoms with Gasteiger partial charge in [-0.15, -0.1) is 6.58 Å². The van der Waals surface area contributed by atoms with E-state index in [0.717, 1.165) is 37.0 Å². The molecule has 0 saturated carbocycles. The number of ether oxygens (including phenoxy) is 1. The van der Waals surface area contributed by atoms with Gasteiger partial charge in [0.1, 0.15) is 11.6 Å². The van der Waals surface area contributed by atoms with Gasteiger partial charge in [-0.1, -0.05) is 19.9 Å². The van der Waals surface area contributed by atoms with Crippen LogP contribution in [0.3, 0.4) is 0 Å². The SMILES string of the molecule is C=CCCCCCOc1ccc(F)cc1CNC(C)C. The maximum absolute atomic E-state index is 13.3. The summed E-state index contributed by atoms with van der Waals surface area (Å²) in [6, 6.07) is 5.08. The van der Waals surface area contributed by atoms with Crippen molar-refractivity contribution in [3.63, 3.8) is 0 Å². The first-order chi connectivity index (χ1) is 9.63. The zero-order chi connectivity index (χ0) is 14.8. The van der Waals surface area contributed by atoms with Crippen molar-refractivity contribution in [2.24, 2.45) is 0 Å². The quantitative estimate of drug-likeness (QED) is 0.504. The van der Waals surface area contributed by atoms with Crippen molar-refractivity contribution in [1.82, 2.24) is 5.32 Å². The maximum atomic E-state index is 13.3. The van der Waals surface area contributed by atoms with E-state index in [4.69, 9.17) is 4.74 Å². The Kier molecular flexibility index (Phi) is 7.97. The molecule has 0 fully saturated rings. The lowest BCUT2D eigenvalue weighted by Gasteiger charge is -2.14. The summed E-state index contributed by atoms with van der Waals surface area (Å²) < 4.78 is 19.1. The van der Waals surface area contributed by atoms with Gasteiger partial charge >= 0.3 is 0 Å². The van der Waals surface area contributed by atoms with Gasteiger partial charge in [-0.25, -0.2) is 4.39 Å². The molecule has 0 aliphatic rings. The van der Waals surface area contributed by atoms with E-state index in [9.17, 15) is 4.39 Å². The van der Waals surface area contributed by atoms with Gasteiger partial charge in [0.2, 0.25) is 0 Å². The molecule has 1 aromatic rings. The number of hydrogen-bond acceptors (Lipinski definition) is 2. The van der Waals surface area contributed by atoms with Gasteiger partial charge in [0, 0.05) is 18.2 Å². The average molecular weight is 279 g/mol. The summed E-state index contributed by atoms with van der Waals surface area (Å²) in [6.45, 7) is 9.15. The Bertz CT molecular complexity index is 404. The summed E-state index contributed by atoms with van der Waals surface area (Å²) >= 11 is 0. The fraction of sp³-hybridized carbons (Fsp3) is 0.529. The van der Waals surface area contributed by atoms with E-state index in [1.165, 1.54) is 6.07 Å².